The molecule has 0 atom stereocenters. The second-order valence-corrected chi connectivity index (χ2v) is 4.14. The molecule has 88 valence electrons. The zero-order valence-corrected chi connectivity index (χ0v) is 9.97. The molecule has 2 aromatic rings. The van der Waals surface area contributed by atoms with E-state index in [0.717, 1.165) is 16.8 Å². The Balaban J connectivity index is 2.41. The van der Waals surface area contributed by atoms with Crippen molar-refractivity contribution in [3.63, 3.8) is 0 Å². The lowest BCUT2D eigenvalue weighted by Crippen LogP contribution is -2.21. The molecule has 0 aliphatic rings. The van der Waals surface area contributed by atoms with Gasteiger partial charge in [0.1, 0.15) is 0 Å². The SMILES string of the molecule is Cc1cc(=O)n(Cc2ncccc2C)cc1N. The Morgan fingerprint density at radius 1 is 1.35 bits per heavy atom. The first-order valence-corrected chi connectivity index (χ1v) is 5.45. The molecule has 0 amide bonds. The number of pyridine rings is 2. The maximum absolute atomic E-state index is 11.8. The monoisotopic (exact) mass is 229 g/mol. The van der Waals surface area contributed by atoms with E-state index in [1.807, 2.05) is 26.0 Å². The van der Waals surface area contributed by atoms with Crippen LogP contribution in [-0.2, 0) is 6.54 Å². The van der Waals surface area contributed by atoms with E-state index in [2.05, 4.69) is 4.98 Å². The van der Waals surface area contributed by atoms with E-state index in [4.69, 9.17) is 5.73 Å². The van der Waals surface area contributed by atoms with Crippen LogP contribution in [0.3, 0.4) is 0 Å². The van der Waals surface area contributed by atoms with E-state index >= 15 is 0 Å². The maximum Gasteiger partial charge on any atom is 0.251 e. The lowest BCUT2D eigenvalue weighted by atomic mass is 10.2. The average Bonchev–Trinajstić information content (AvgIpc) is 2.29. The number of nitrogens with zero attached hydrogens (tertiary/aromatic N) is 2. The van der Waals surface area contributed by atoms with Gasteiger partial charge in [-0.15, -0.1) is 0 Å². The molecule has 0 radical (unpaired) electrons. The van der Waals surface area contributed by atoms with Crippen molar-refractivity contribution in [3.05, 3.63) is 57.8 Å². The minimum absolute atomic E-state index is 0.0539. The third kappa shape index (κ3) is 2.36. The Morgan fingerprint density at radius 2 is 2.12 bits per heavy atom. The number of aryl methyl sites for hydroxylation is 2. The average molecular weight is 229 g/mol. The Hall–Kier alpha value is -2.10. The number of aromatic nitrogens is 2. The van der Waals surface area contributed by atoms with Crippen LogP contribution in [0.2, 0.25) is 0 Å². The summed E-state index contributed by atoms with van der Waals surface area (Å²) in [4.78, 5) is 16.1. The summed E-state index contributed by atoms with van der Waals surface area (Å²) in [6.07, 6.45) is 3.40. The summed E-state index contributed by atoms with van der Waals surface area (Å²) in [5, 5.41) is 0. The summed E-state index contributed by atoms with van der Waals surface area (Å²) in [7, 11) is 0. The molecule has 0 saturated heterocycles. The largest absolute Gasteiger partial charge is 0.397 e. The molecule has 0 aromatic carbocycles. The number of nitrogens with two attached hydrogens (primary N) is 1. The van der Waals surface area contributed by atoms with E-state index < -0.39 is 0 Å². The fourth-order valence-corrected chi connectivity index (χ4v) is 1.65. The van der Waals surface area contributed by atoms with Gasteiger partial charge >= 0.3 is 0 Å². The van der Waals surface area contributed by atoms with Crippen molar-refractivity contribution < 1.29 is 0 Å². The Labute approximate surface area is 99.7 Å². The van der Waals surface area contributed by atoms with Crippen molar-refractivity contribution in [1.82, 2.24) is 9.55 Å². The fourth-order valence-electron chi connectivity index (χ4n) is 1.65. The van der Waals surface area contributed by atoms with Gasteiger partial charge in [0.15, 0.2) is 0 Å². The molecule has 2 N–H and O–H groups in total. The third-order valence-corrected chi connectivity index (χ3v) is 2.81. The highest BCUT2D eigenvalue weighted by atomic mass is 16.1. The minimum atomic E-state index is -0.0539. The van der Waals surface area contributed by atoms with Gasteiger partial charge in [-0.3, -0.25) is 9.78 Å². The molecule has 0 fully saturated rings. The molecule has 0 aliphatic heterocycles. The lowest BCUT2D eigenvalue weighted by Gasteiger charge is -2.09. The zero-order valence-electron chi connectivity index (χ0n) is 9.97. The summed E-state index contributed by atoms with van der Waals surface area (Å²) < 4.78 is 1.58. The lowest BCUT2D eigenvalue weighted by molar-refractivity contribution is 0.734. The van der Waals surface area contributed by atoms with Gasteiger partial charge in [0.25, 0.3) is 5.56 Å². The normalized spacial score (nSPS) is 10.5. The van der Waals surface area contributed by atoms with Gasteiger partial charge in [0.05, 0.1) is 17.9 Å². The van der Waals surface area contributed by atoms with Crippen LogP contribution in [0.15, 0.2) is 35.4 Å². The standard InChI is InChI=1S/C13H15N3O/c1-9-4-3-5-15-12(9)8-16-7-11(14)10(2)6-13(16)17/h3-7H,8,14H2,1-2H3. The Morgan fingerprint density at radius 3 is 2.82 bits per heavy atom. The number of hydrogen-bond donors (Lipinski definition) is 1. The number of rotatable bonds is 2. The summed E-state index contributed by atoms with van der Waals surface area (Å²) >= 11 is 0. The molecule has 2 aromatic heterocycles. The predicted molar refractivity (Wildman–Crippen MR) is 67.9 cm³/mol. The third-order valence-electron chi connectivity index (χ3n) is 2.81. The van der Waals surface area contributed by atoms with Crippen LogP contribution in [0.25, 0.3) is 0 Å². The summed E-state index contributed by atoms with van der Waals surface area (Å²) in [6.45, 7) is 4.26. The molecule has 2 rings (SSSR count). The smallest absolute Gasteiger partial charge is 0.251 e. The second kappa shape index (κ2) is 4.41. The summed E-state index contributed by atoms with van der Waals surface area (Å²) in [5.74, 6) is 0. The van der Waals surface area contributed by atoms with Crippen LogP contribution in [-0.4, -0.2) is 9.55 Å². The van der Waals surface area contributed by atoms with Gasteiger partial charge in [-0.1, -0.05) is 6.07 Å². The highest BCUT2D eigenvalue weighted by Crippen LogP contribution is 2.08. The van der Waals surface area contributed by atoms with Crippen LogP contribution in [0.5, 0.6) is 0 Å². The summed E-state index contributed by atoms with van der Waals surface area (Å²) in [6, 6.07) is 5.41. The van der Waals surface area contributed by atoms with Crippen LogP contribution in [0.1, 0.15) is 16.8 Å². The number of hydrogen-bond acceptors (Lipinski definition) is 3. The van der Waals surface area contributed by atoms with E-state index in [-0.39, 0.29) is 5.56 Å². The molecule has 0 saturated carbocycles. The number of nitrogen functional groups attached to an aromatic ring is 1. The van der Waals surface area contributed by atoms with Crippen molar-refractivity contribution >= 4 is 5.69 Å². The molecule has 0 spiro atoms. The highest BCUT2D eigenvalue weighted by molar-refractivity contribution is 5.43. The quantitative estimate of drug-likeness (QED) is 0.848. The molecule has 0 bridgehead atoms. The van der Waals surface area contributed by atoms with Gasteiger partial charge in [0, 0.05) is 18.5 Å². The molecule has 17 heavy (non-hydrogen) atoms. The second-order valence-electron chi connectivity index (χ2n) is 4.14. The van der Waals surface area contributed by atoms with Crippen LogP contribution < -0.4 is 11.3 Å². The van der Waals surface area contributed by atoms with E-state index in [1.54, 1.807) is 23.0 Å². The van der Waals surface area contributed by atoms with Crippen LogP contribution in [0, 0.1) is 13.8 Å². The Kier molecular flexibility index (Phi) is 2.95. The zero-order chi connectivity index (χ0) is 12.4. The van der Waals surface area contributed by atoms with Crippen molar-refractivity contribution in [3.8, 4) is 0 Å². The topological polar surface area (TPSA) is 60.9 Å². The molecule has 0 aliphatic carbocycles. The van der Waals surface area contributed by atoms with Crippen molar-refractivity contribution in [2.75, 3.05) is 5.73 Å². The molecule has 4 nitrogen and oxygen atoms in total. The predicted octanol–water partition coefficient (Wildman–Crippen LogP) is 1.49. The van der Waals surface area contributed by atoms with Crippen molar-refractivity contribution in [1.29, 1.82) is 0 Å². The molecule has 2 heterocycles. The van der Waals surface area contributed by atoms with Crippen LogP contribution >= 0.6 is 0 Å². The molecular formula is C13H15N3O. The van der Waals surface area contributed by atoms with Gasteiger partial charge in [-0.25, -0.2) is 0 Å². The van der Waals surface area contributed by atoms with E-state index in [9.17, 15) is 4.79 Å². The van der Waals surface area contributed by atoms with Crippen molar-refractivity contribution in [2.45, 2.75) is 20.4 Å². The van der Waals surface area contributed by atoms with E-state index in [1.165, 1.54) is 0 Å². The Bertz CT molecular complexity index is 602. The van der Waals surface area contributed by atoms with Crippen molar-refractivity contribution in [2.24, 2.45) is 0 Å². The first-order chi connectivity index (χ1) is 8.08. The molecule has 4 heteroatoms. The molecule has 0 unspecified atom stereocenters. The fraction of sp³-hybridized carbons (Fsp3) is 0.231. The highest BCUT2D eigenvalue weighted by Gasteiger charge is 2.04. The molecular weight excluding hydrogens is 214 g/mol. The minimum Gasteiger partial charge on any atom is -0.397 e. The number of anilines is 1. The first kappa shape index (κ1) is 11.4. The first-order valence-electron chi connectivity index (χ1n) is 5.45. The van der Waals surface area contributed by atoms with Gasteiger partial charge in [0.2, 0.25) is 0 Å². The van der Waals surface area contributed by atoms with Gasteiger partial charge < -0.3 is 10.3 Å². The van der Waals surface area contributed by atoms with Crippen LogP contribution in [0.4, 0.5) is 5.69 Å². The van der Waals surface area contributed by atoms with Gasteiger partial charge in [-0.2, -0.15) is 0 Å². The van der Waals surface area contributed by atoms with E-state index in [0.29, 0.717) is 12.2 Å². The summed E-state index contributed by atoms with van der Waals surface area (Å²) in [5.41, 5.74) is 9.13. The maximum atomic E-state index is 11.8. The van der Waals surface area contributed by atoms with Gasteiger partial charge in [-0.05, 0) is 31.0 Å².